The van der Waals surface area contributed by atoms with Crippen LogP contribution in [0.25, 0.3) is 0 Å². The third-order valence-electron chi connectivity index (χ3n) is 6.08. The summed E-state index contributed by atoms with van der Waals surface area (Å²) < 4.78 is 13.5. The van der Waals surface area contributed by atoms with Gasteiger partial charge in [0.2, 0.25) is 0 Å². The van der Waals surface area contributed by atoms with E-state index in [4.69, 9.17) is 4.98 Å². The van der Waals surface area contributed by atoms with E-state index in [0.29, 0.717) is 6.04 Å². The fourth-order valence-electron chi connectivity index (χ4n) is 4.45. The van der Waals surface area contributed by atoms with Gasteiger partial charge in [-0.1, -0.05) is 0 Å². The molecule has 0 radical (unpaired) electrons. The molecule has 2 fully saturated rings. The molecule has 0 amide bonds. The van der Waals surface area contributed by atoms with Crippen LogP contribution in [0.4, 0.5) is 15.2 Å². The minimum atomic E-state index is -0.176. The smallest absolute Gasteiger partial charge is 0.191 e. The van der Waals surface area contributed by atoms with Gasteiger partial charge in [0.15, 0.2) is 11.1 Å². The summed E-state index contributed by atoms with van der Waals surface area (Å²) in [6.45, 7) is 6.94. The summed E-state index contributed by atoms with van der Waals surface area (Å²) in [5.41, 5.74) is 3.25. The molecule has 2 aromatic rings. The Hall–Kier alpha value is -1.62. The maximum atomic E-state index is 13.5. The van der Waals surface area contributed by atoms with E-state index in [9.17, 15) is 4.39 Å². The number of anilines is 2. The Morgan fingerprint density at radius 1 is 1.22 bits per heavy atom. The lowest BCUT2D eigenvalue weighted by Gasteiger charge is -2.36. The van der Waals surface area contributed by atoms with Crippen LogP contribution >= 0.6 is 35.3 Å². The normalized spacial score (nSPS) is 19.1. The van der Waals surface area contributed by atoms with E-state index in [0.717, 1.165) is 80.0 Å². The Morgan fingerprint density at radius 2 is 2.00 bits per heavy atom. The highest BCUT2D eigenvalue weighted by Gasteiger charge is 2.22. The molecule has 2 aliphatic rings. The van der Waals surface area contributed by atoms with E-state index in [1.807, 2.05) is 20.0 Å². The zero-order valence-electron chi connectivity index (χ0n) is 18.9. The minimum absolute atomic E-state index is 0. The minimum Gasteiger partial charge on any atom is -0.369 e. The number of piperidine rings is 1. The van der Waals surface area contributed by atoms with Crippen LogP contribution in [-0.4, -0.2) is 56.8 Å². The van der Waals surface area contributed by atoms with Crippen molar-refractivity contribution >= 4 is 52.1 Å². The molecule has 2 N–H and O–H groups in total. The van der Waals surface area contributed by atoms with E-state index >= 15 is 0 Å². The van der Waals surface area contributed by atoms with Gasteiger partial charge in [0.05, 0.1) is 5.69 Å². The Morgan fingerprint density at radius 3 is 2.75 bits per heavy atom. The zero-order valence-corrected chi connectivity index (χ0v) is 22.1. The molecule has 0 saturated carbocycles. The number of thiazole rings is 1. The number of aryl methyl sites for hydroxylation is 1. The van der Waals surface area contributed by atoms with Crippen molar-refractivity contribution in [1.82, 2.24) is 15.6 Å². The third kappa shape index (κ3) is 6.46. The molecular weight excluding hydrogens is 538 g/mol. The molecule has 0 bridgehead atoms. The highest BCUT2D eigenvalue weighted by molar-refractivity contribution is 14.0. The maximum absolute atomic E-state index is 13.5. The number of hydrogen-bond acceptors (Lipinski definition) is 5. The molecule has 0 spiro atoms. The Balaban J connectivity index is 0.00000289. The Labute approximate surface area is 211 Å². The van der Waals surface area contributed by atoms with Gasteiger partial charge in [0.1, 0.15) is 5.82 Å². The Kier molecular flexibility index (Phi) is 9.39. The van der Waals surface area contributed by atoms with Gasteiger partial charge < -0.3 is 20.4 Å². The SMILES string of the molecule is CN=C(NCCc1csc(N2CCCC2)n1)NC1CCCN(c2ccc(F)cc2C)C1.I. The predicted molar refractivity (Wildman–Crippen MR) is 144 cm³/mol. The van der Waals surface area contributed by atoms with Crippen molar-refractivity contribution in [3.63, 3.8) is 0 Å². The molecule has 1 aromatic carbocycles. The van der Waals surface area contributed by atoms with Gasteiger partial charge in [-0.15, -0.1) is 35.3 Å². The van der Waals surface area contributed by atoms with Crippen LogP contribution in [0.1, 0.15) is 36.9 Å². The number of aromatic nitrogens is 1. The van der Waals surface area contributed by atoms with Crippen LogP contribution in [0.15, 0.2) is 28.6 Å². The standard InChI is InChI=1S/C23H33FN6S.HI/c1-17-14-18(24)7-8-21(17)30-13-5-6-19(15-30)27-22(25-2)26-10-9-20-16-31-23(28-20)29-11-3-4-12-29;/h7-8,14,16,19H,3-6,9-13,15H2,1-2H3,(H2,25,26,27);1H. The van der Waals surface area contributed by atoms with Gasteiger partial charge in [-0.25, -0.2) is 9.37 Å². The molecular formula is C23H34FIN6S. The third-order valence-corrected chi connectivity index (χ3v) is 7.03. The number of halogens is 2. The van der Waals surface area contributed by atoms with Crippen molar-refractivity contribution in [2.24, 2.45) is 4.99 Å². The summed E-state index contributed by atoms with van der Waals surface area (Å²) in [5.74, 6) is 0.655. The van der Waals surface area contributed by atoms with Crippen LogP contribution in [0.5, 0.6) is 0 Å². The van der Waals surface area contributed by atoms with Crippen molar-refractivity contribution in [3.8, 4) is 0 Å². The summed E-state index contributed by atoms with van der Waals surface area (Å²) in [4.78, 5) is 13.9. The number of nitrogens with zero attached hydrogens (tertiary/aromatic N) is 4. The van der Waals surface area contributed by atoms with Crippen molar-refractivity contribution in [3.05, 3.63) is 40.7 Å². The van der Waals surface area contributed by atoms with Crippen LogP contribution in [0.2, 0.25) is 0 Å². The van der Waals surface area contributed by atoms with Gasteiger partial charge in [-0.05, 0) is 56.4 Å². The van der Waals surface area contributed by atoms with Crippen molar-refractivity contribution in [1.29, 1.82) is 0 Å². The molecule has 2 aliphatic heterocycles. The van der Waals surface area contributed by atoms with E-state index < -0.39 is 0 Å². The first kappa shape index (κ1) is 25.0. The molecule has 4 rings (SSSR count). The Bertz CT molecular complexity index is 898. The maximum Gasteiger partial charge on any atom is 0.191 e. The lowest BCUT2D eigenvalue weighted by atomic mass is 10.0. The van der Waals surface area contributed by atoms with Crippen molar-refractivity contribution in [2.75, 3.05) is 49.6 Å². The molecule has 1 aromatic heterocycles. The number of benzene rings is 1. The van der Waals surface area contributed by atoms with E-state index in [1.165, 1.54) is 12.8 Å². The summed E-state index contributed by atoms with van der Waals surface area (Å²) >= 11 is 1.75. The lowest BCUT2D eigenvalue weighted by Crippen LogP contribution is -2.51. The number of hydrogen-bond donors (Lipinski definition) is 2. The fourth-order valence-corrected chi connectivity index (χ4v) is 5.36. The van der Waals surface area contributed by atoms with E-state index in [2.05, 4.69) is 30.8 Å². The average Bonchev–Trinajstić information content (AvgIpc) is 3.45. The molecule has 3 heterocycles. The number of nitrogens with one attached hydrogen (secondary N) is 2. The summed E-state index contributed by atoms with van der Waals surface area (Å²) in [6, 6.07) is 5.36. The average molecular weight is 573 g/mol. The molecule has 32 heavy (non-hydrogen) atoms. The second kappa shape index (κ2) is 12.0. The van der Waals surface area contributed by atoms with Crippen LogP contribution in [0, 0.1) is 12.7 Å². The summed E-state index contributed by atoms with van der Waals surface area (Å²) in [5, 5.41) is 10.3. The van der Waals surface area contributed by atoms with Gasteiger partial charge >= 0.3 is 0 Å². The number of rotatable bonds is 6. The van der Waals surface area contributed by atoms with E-state index in [-0.39, 0.29) is 29.8 Å². The van der Waals surface area contributed by atoms with Gasteiger partial charge in [-0.3, -0.25) is 4.99 Å². The number of guanidine groups is 1. The molecule has 9 heteroatoms. The highest BCUT2D eigenvalue weighted by Crippen LogP contribution is 2.25. The predicted octanol–water partition coefficient (Wildman–Crippen LogP) is 4.19. The van der Waals surface area contributed by atoms with Crippen molar-refractivity contribution < 1.29 is 4.39 Å². The zero-order chi connectivity index (χ0) is 21.6. The molecule has 1 atom stereocenters. The molecule has 176 valence electrons. The quantitative estimate of drug-likeness (QED) is 0.309. The van der Waals surface area contributed by atoms with E-state index in [1.54, 1.807) is 23.5 Å². The van der Waals surface area contributed by atoms with Crippen molar-refractivity contribution in [2.45, 2.75) is 45.1 Å². The molecule has 2 saturated heterocycles. The first-order valence-electron chi connectivity index (χ1n) is 11.3. The first-order valence-corrected chi connectivity index (χ1v) is 12.2. The van der Waals surface area contributed by atoms with Crippen LogP contribution in [-0.2, 0) is 6.42 Å². The summed E-state index contributed by atoms with van der Waals surface area (Å²) in [7, 11) is 1.81. The second-order valence-corrected chi connectivity index (χ2v) is 9.26. The van der Waals surface area contributed by atoms with Crippen LogP contribution < -0.4 is 20.4 Å². The topological polar surface area (TPSA) is 55.8 Å². The molecule has 1 unspecified atom stereocenters. The van der Waals surface area contributed by atoms with Crippen LogP contribution in [0.3, 0.4) is 0 Å². The van der Waals surface area contributed by atoms with Gasteiger partial charge in [0, 0.05) is 63.3 Å². The fraction of sp³-hybridized carbons (Fsp3) is 0.565. The number of aliphatic imine (C=N–C) groups is 1. The largest absolute Gasteiger partial charge is 0.369 e. The first-order chi connectivity index (χ1) is 15.1. The molecule has 6 nitrogen and oxygen atoms in total. The summed E-state index contributed by atoms with van der Waals surface area (Å²) in [6.07, 6.45) is 5.64. The highest BCUT2D eigenvalue weighted by atomic mass is 127. The second-order valence-electron chi connectivity index (χ2n) is 8.42. The lowest BCUT2D eigenvalue weighted by molar-refractivity contribution is 0.467. The monoisotopic (exact) mass is 572 g/mol. The molecule has 0 aliphatic carbocycles. The van der Waals surface area contributed by atoms with Gasteiger partial charge in [0.25, 0.3) is 0 Å². The van der Waals surface area contributed by atoms with Gasteiger partial charge in [-0.2, -0.15) is 0 Å².